The van der Waals surface area contributed by atoms with Gasteiger partial charge in [0.15, 0.2) is 0 Å². The third-order valence-corrected chi connectivity index (χ3v) is 3.56. The molecule has 0 spiro atoms. The fourth-order valence-corrected chi connectivity index (χ4v) is 2.46. The fourth-order valence-electron chi connectivity index (χ4n) is 2.46. The Morgan fingerprint density at radius 3 is 2.94 bits per heavy atom. The van der Waals surface area contributed by atoms with E-state index in [4.69, 9.17) is 5.73 Å². The normalized spacial score (nSPS) is 18.6. The van der Waals surface area contributed by atoms with Crippen LogP contribution in [0.1, 0.15) is 32.0 Å². The van der Waals surface area contributed by atoms with E-state index in [1.54, 1.807) is 0 Å². The maximum absolute atomic E-state index is 6.36. The zero-order chi connectivity index (χ0) is 11.2. The molecular formula is C12H16N4. The predicted molar refractivity (Wildman–Crippen MR) is 62.9 cm³/mol. The van der Waals surface area contributed by atoms with Crippen LogP contribution in [0.4, 0.5) is 0 Å². The van der Waals surface area contributed by atoms with Gasteiger partial charge in [0.25, 0.3) is 0 Å². The molecule has 1 aliphatic carbocycles. The Kier molecular flexibility index (Phi) is 2.01. The molecule has 0 bridgehead atoms. The fraction of sp³-hybridized carbons (Fsp3) is 0.500. The molecule has 0 saturated heterocycles. The highest BCUT2D eigenvalue weighted by Gasteiger charge is 2.38. The molecule has 2 aromatic heterocycles. The van der Waals surface area contributed by atoms with Crippen LogP contribution < -0.4 is 5.73 Å². The highest BCUT2D eigenvalue weighted by Crippen LogP contribution is 2.39. The molecule has 0 amide bonds. The van der Waals surface area contributed by atoms with Crippen LogP contribution in [0.3, 0.4) is 0 Å². The van der Waals surface area contributed by atoms with Gasteiger partial charge in [-0.3, -0.25) is 4.98 Å². The Balaban J connectivity index is 2.24. The van der Waals surface area contributed by atoms with E-state index in [1.165, 1.54) is 6.42 Å². The maximum atomic E-state index is 6.36. The molecular weight excluding hydrogens is 200 g/mol. The van der Waals surface area contributed by atoms with Crippen LogP contribution >= 0.6 is 0 Å². The molecule has 0 radical (unpaired) electrons. The highest BCUT2D eigenvalue weighted by molar-refractivity contribution is 5.75. The molecule has 0 aliphatic heterocycles. The summed E-state index contributed by atoms with van der Waals surface area (Å²) in [6.07, 6.45) is 6.92. The van der Waals surface area contributed by atoms with Crippen LogP contribution in [-0.4, -0.2) is 14.5 Å². The number of rotatable bonds is 2. The summed E-state index contributed by atoms with van der Waals surface area (Å²) in [4.78, 5) is 8.76. The molecule has 0 atom stereocenters. The number of nitrogens with zero attached hydrogens (tertiary/aromatic N) is 3. The lowest BCUT2D eigenvalue weighted by Gasteiger charge is -2.37. The number of aryl methyl sites for hydroxylation is 1. The van der Waals surface area contributed by atoms with Crippen molar-refractivity contribution >= 4 is 11.0 Å². The first-order chi connectivity index (χ1) is 7.74. The van der Waals surface area contributed by atoms with Crippen molar-refractivity contribution in [1.29, 1.82) is 0 Å². The minimum absolute atomic E-state index is 0.199. The molecule has 1 fully saturated rings. The van der Waals surface area contributed by atoms with E-state index in [9.17, 15) is 0 Å². The van der Waals surface area contributed by atoms with Crippen LogP contribution in [-0.2, 0) is 12.1 Å². The van der Waals surface area contributed by atoms with E-state index in [-0.39, 0.29) is 5.54 Å². The van der Waals surface area contributed by atoms with Crippen LogP contribution in [0.15, 0.2) is 18.5 Å². The lowest BCUT2D eigenvalue weighted by molar-refractivity contribution is 0.232. The van der Waals surface area contributed by atoms with E-state index in [1.807, 2.05) is 18.5 Å². The Labute approximate surface area is 94.5 Å². The summed E-state index contributed by atoms with van der Waals surface area (Å²) < 4.78 is 2.22. The second kappa shape index (κ2) is 3.28. The minimum Gasteiger partial charge on any atom is -0.327 e. The minimum atomic E-state index is -0.199. The van der Waals surface area contributed by atoms with Gasteiger partial charge in [0.2, 0.25) is 0 Å². The Morgan fingerprint density at radius 1 is 1.50 bits per heavy atom. The first-order valence-corrected chi connectivity index (χ1v) is 5.84. The number of imidazole rings is 1. The summed E-state index contributed by atoms with van der Waals surface area (Å²) in [5, 5.41) is 0. The summed E-state index contributed by atoms with van der Waals surface area (Å²) in [5.41, 5.74) is 8.26. The first-order valence-electron chi connectivity index (χ1n) is 5.84. The molecule has 1 saturated carbocycles. The van der Waals surface area contributed by atoms with Gasteiger partial charge in [0.05, 0.1) is 17.3 Å². The van der Waals surface area contributed by atoms with E-state index >= 15 is 0 Å². The van der Waals surface area contributed by atoms with Gasteiger partial charge < -0.3 is 10.3 Å². The molecule has 1 aliphatic rings. The van der Waals surface area contributed by atoms with Gasteiger partial charge in [-0.15, -0.1) is 0 Å². The van der Waals surface area contributed by atoms with Gasteiger partial charge in [-0.2, -0.15) is 0 Å². The third kappa shape index (κ3) is 1.19. The topological polar surface area (TPSA) is 56.7 Å². The molecule has 2 aromatic rings. The molecule has 2 heterocycles. The van der Waals surface area contributed by atoms with Gasteiger partial charge in [-0.1, -0.05) is 0 Å². The van der Waals surface area contributed by atoms with E-state index in [2.05, 4.69) is 21.5 Å². The van der Waals surface area contributed by atoms with Gasteiger partial charge in [-0.05, 0) is 32.3 Å². The lowest BCUT2D eigenvalue weighted by atomic mass is 9.77. The predicted octanol–water partition coefficient (Wildman–Crippen LogP) is 1.79. The van der Waals surface area contributed by atoms with E-state index in [0.717, 1.165) is 36.2 Å². The summed E-state index contributed by atoms with van der Waals surface area (Å²) in [5.74, 6) is 1.03. The zero-order valence-electron chi connectivity index (χ0n) is 9.48. The summed E-state index contributed by atoms with van der Waals surface area (Å²) in [7, 11) is 0. The van der Waals surface area contributed by atoms with Crippen LogP contribution in [0.25, 0.3) is 11.0 Å². The molecule has 4 heteroatoms. The second-order valence-electron chi connectivity index (χ2n) is 4.55. The van der Waals surface area contributed by atoms with Crippen molar-refractivity contribution in [2.75, 3.05) is 0 Å². The van der Waals surface area contributed by atoms with E-state index in [0.29, 0.717) is 0 Å². The summed E-state index contributed by atoms with van der Waals surface area (Å²) in [6, 6.07) is 2.01. The lowest BCUT2D eigenvalue weighted by Crippen LogP contribution is -2.45. The molecule has 84 valence electrons. The average molecular weight is 216 g/mol. The molecule has 2 N–H and O–H groups in total. The number of nitrogens with two attached hydrogens (primary N) is 1. The molecule has 16 heavy (non-hydrogen) atoms. The van der Waals surface area contributed by atoms with Crippen LogP contribution in [0.5, 0.6) is 0 Å². The Hall–Kier alpha value is -1.42. The van der Waals surface area contributed by atoms with Crippen molar-refractivity contribution < 1.29 is 0 Å². The number of hydrogen-bond donors (Lipinski definition) is 1. The summed E-state index contributed by atoms with van der Waals surface area (Å²) >= 11 is 0. The van der Waals surface area contributed by atoms with Crippen molar-refractivity contribution in [3.05, 3.63) is 24.3 Å². The van der Waals surface area contributed by atoms with Gasteiger partial charge in [0.1, 0.15) is 11.3 Å². The largest absolute Gasteiger partial charge is 0.327 e. The van der Waals surface area contributed by atoms with Gasteiger partial charge in [0, 0.05) is 12.7 Å². The Bertz CT molecular complexity index is 525. The molecule has 3 rings (SSSR count). The van der Waals surface area contributed by atoms with Crippen LogP contribution in [0, 0.1) is 0 Å². The van der Waals surface area contributed by atoms with Crippen molar-refractivity contribution in [2.45, 2.75) is 38.3 Å². The van der Waals surface area contributed by atoms with Gasteiger partial charge in [-0.25, -0.2) is 4.98 Å². The van der Waals surface area contributed by atoms with Crippen molar-refractivity contribution in [3.63, 3.8) is 0 Å². The number of pyridine rings is 1. The number of hydrogen-bond acceptors (Lipinski definition) is 3. The number of aromatic nitrogens is 3. The van der Waals surface area contributed by atoms with Crippen molar-refractivity contribution in [3.8, 4) is 0 Å². The Morgan fingerprint density at radius 2 is 2.31 bits per heavy atom. The highest BCUT2D eigenvalue weighted by atomic mass is 15.1. The zero-order valence-corrected chi connectivity index (χ0v) is 9.48. The maximum Gasteiger partial charge on any atom is 0.130 e. The molecule has 0 aromatic carbocycles. The quantitative estimate of drug-likeness (QED) is 0.832. The standard InChI is InChI=1S/C12H16N4/c1-2-16-10-4-7-14-8-9(10)15-11(16)12(13)5-3-6-12/h4,7-8H,2-3,5-6,13H2,1H3. The smallest absolute Gasteiger partial charge is 0.130 e. The van der Waals surface area contributed by atoms with Crippen LogP contribution in [0.2, 0.25) is 0 Å². The SMILES string of the molecule is CCn1c(C2(N)CCC2)nc2cnccc21. The van der Waals surface area contributed by atoms with Gasteiger partial charge >= 0.3 is 0 Å². The first kappa shape index (κ1) is 9.78. The van der Waals surface area contributed by atoms with Crippen molar-refractivity contribution in [1.82, 2.24) is 14.5 Å². The molecule has 4 nitrogen and oxygen atoms in total. The molecule has 0 unspecified atom stereocenters. The average Bonchev–Trinajstić information content (AvgIpc) is 2.64. The van der Waals surface area contributed by atoms with E-state index < -0.39 is 0 Å². The number of fused-ring (bicyclic) bond motifs is 1. The second-order valence-corrected chi connectivity index (χ2v) is 4.55. The monoisotopic (exact) mass is 216 g/mol. The van der Waals surface area contributed by atoms with Crippen molar-refractivity contribution in [2.24, 2.45) is 5.73 Å². The summed E-state index contributed by atoms with van der Waals surface area (Å²) in [6.45, 7) is 3.04. The third-order valence-electron chi connectivity index (χ3n) is 3.56.